The molecule has 0 atom stereocenters. The minimum absolute atomic E-state index is 0.188. The molecule has 0 heterocycles. The number of hydrogen-bond donors (Lipinski definition) is 1. The maximum absolute atomic E-state index is 12.6. The number of hydrogen-bond acceptors (Lipinski definition) is 4. The lowest BCUT2D eigenvalue weighted by molar-refractivity contribution is 0.0950. The standard InChI is InChI=1S/C24H25NO4/c1-3-28-23-15-19(13-14-22(23)27-2)24(26)25-16-20-11-7-8-12-21(20)29-17-18-9-5-4-6-10-18/h4-15H,3,16-17H2,1-2H3,(H,25,26). The molecule has 0 aliphatic carbocycles. The first-order valence-corrected chi connectivity index (χ1v) is 9.55. The third kappa shape index (κ3) is 5.51. The van der Waals surface area contributed by atoms with Gasteiger partial charge < -0.3 is 19.5 Å². The van der Waals surface area contributed by atoms with Crippen molar-refractivity contribution >= 4 is 5.91 Å². The Balaban J connectivity index is 1.65. The van der Waals surface area contributed by atoms with Crippen LogP contribution in [0.15, 0.2) is 72.8 Å². The number of para-hydroxylation sites is 1. The van der Waals surface area contributed by atoms with Gasteiger partial charge in [-0.25, -0.2) is 0 Å². The van der Waals surface area contributed by atoms with Crippen LogP contribution in [0, 0.1) is 0 Å². The number of amides is 1. The molecule has 3 aromatic carbocycles. The molecular weight excluding hydrogens is 366 g/mol. The van der Waals surface area contributed by atoms with E-state index < -0.39 is 0 Å². The highest BCUT2D eigenvalue weighted by Gasteiger charge is 2.12. The Morgan fingerprint density at radius 1 is 0.862 bits per heavy atom. The van der Waals surface area contributed by atoms with E-state index in [1.807, 2.05) is 61.5 Å². The first-order chi connectivity index (χ1) is 14.2. The summed E-state index contributed by atoms with van der Waals surface area (Å²) in [6.45, 7) is 3.22. The third-order valence-electron chi connectivity index (χ3n) is 4.37. The molecule has 5 nitrogen and oxygen atoms in total. The summed E-state index contributed by atoms with van der Waals surface area (Å²) in [5, 5.41) is 2.95. The lowest BCUT2D eigenvalue weighted by Gasteiger charge is -2.13. The summed E-state index contributed by atoms with van der Waals surface area (Å²) >= 11 is 0. The van der Waals surface area contributed by atoms with Gasteiger partial charge in [-0.3, -0.25) is 4.79 Å². The van der Waals surface area contributed by atoms with Crippen LogP contribution in [0.4, 0.5) is 0 Å². The van der Waals surface area contributed by atoms with Crippen molar-refractivity contribution < 1.29 is 19.0 Å². The van der Waals surface area contributed by atoms with Gasteiger partial charge in [0.25, 0.3) is 5.91 Å². The van der Waals surface area contributed by atoms with E-state index in [1.165, 1.54) is 0 Å². The van der Waals surface area contributed by atoms with Gasteiger partial charge in [-0.05, 0) is 36.8 Å². The molecule has 0 fully saturated rings. The number of ether oxygens (including phenoxy) is 3. The normalized spacial score (nSPS) is 10.3. The minimum atomic E-state index is -0.188. The summed E-state index contributed by atoms with van der Waals surface area (Å²) in [7, 11) is 1.57. The van der Waals surface area contributed by atoms with Crippen LogP contribution in [0.3, 0.4) is 0 Å². The zero-order valence-corrected chi connectivity index (χ0v) is 16.7. The maximum atomic E-state index is 12.6. The largest absolute Gasteiger partial charge is 0.493 e. The predicted octanol–water partition coefficient (Wildman–Crippen LogP) is 4.60. The Labute approximate surface area is 171 Å². The molecule has 0 unspecified atom stereocenters. The predicted molar refractivity (Wildman–Crippen MR) is 113 cm³/mol. The monoisotopic (exact) mass is 391 g/mol. The van der Waals surface area contributed by atoms with E-state index in [4.69, 9.17) is 14.2 Å². The van der Waals surface area contributed by atoms with Crippen molar-refractivity contribution in [2.45, 2.75) is 20.1 Å². The van der Waals surface area contributed by atoms with E-state index in [2.05, 4.69) is 5.32 Å². The van der Waals surface area contributed by atoms with Crippen LogP contribution in [-0.4, -0.2) is 19.6 Å². The summed E-state index contributed by atoms with van der Waals surface area (Å²) in [4.78, 5) is 12.6. The zero-order chi connectivity index (χ0) is 20.5. The summed E-state index contributed by atoms with van der Waals surface area (Å²) < 4.78 is 16.8. The second-order valence-corrected chi connectivity index (χ2v) is 6.36. The van der Waals surface area contributed by atoms with Gasteiger partial charge in [0, 0.05) is 17.7 Å². The summed E-state index contributed by atoms with van der Waals surface area (Å²) in [5.74, 6) is 1.71. The van der Waals surface area contributed by atoms with Crippen molar-refractivity contribution in [2.75, 3.05) is 13.7 Å². The Hall–Kier alpha value is -3.47. The third-order valence-corrected chi connectivity index (χ3v) is 4.37. The van der Waals surface area contributed by atoms with Gasteiger partial charge in [0.1, 0.15) is 12.4 Å². The van der Waals surface area contributed by atoms with Crippen LogP contribution >= 0.6 is 0 Å². The van der Waals surface area contributed by atoms with Crippen molar-refractivity contribution in [1.29, 1.82) is 0 Å². The van der Waals surface area contributed by atoms with Crippen LogP contribution < -0.4 is 19.5 Å². The lowest BCUT2D eigenvalue weighted by Crippen LogP contribution is -2.23. The van der Waals surface area contributed by atoms with E-state index in [9.17, 15) is 4.79 Å². The van der Waals surface area contributed by atoms with E-state index >= 15 is 0 Å². The molecule has 0 bridgehead atoms. The van der Waals surface area contributed by atoms with Crippen LogP contribution in [-0.2, 0) is 13.2 Å². The molecule has 3 rings (SSSR count). The van der Waals surface area contributed by atoms with Crippen molar-refractivity contribution in [1.82, 2.24) is 5.32 Å². The molecule has 0 saturated heterocycles. The summed E-state index contributed by atoms with van der Waals surface area (Å²) in [6, 6.07) is 22.8. The second-order valence-electron chi connectivity index (χ2n) is 6.36. The molecule has 150 valence electrons. The van der Waals surface area contributed by atoms with Crippen LogP contribution in [0.2, 0.25) is 0 Å². The SMILES string of the molecule is CCOc1cc(C(=O)NCc2ccccc2OCc2ccccc2)ccc1OC. The Morgan fingerprint density at radius 3 is 2.38 bits per heavy atom. The average Bonchev–Trinajstić information content (AvgIpc) is 2.77. The van der Waals surface area contributed by atoms with Crippen LogP contribution in [0.1, 0.15) is 28.4 Å². The Kier molecular flexibility index (Phi) is 7.11. The number of benzene rings is 3. The zero-order valence-electron chi connectivity index (χ0n) is 16.7. The lowest BCUT2D eigenvalue weighted by atomic mass is 10.1. The minimum Gasteiger partial charge on any atom is -0.493 e. The molecule has 3 aromatic rings. The van der Waals surface area contributed by atoms with Crippen molar-refractivity contribution in [3.05, 3.63) is 89.5 Å². The molecule has 29 heavy (non-hydrogen) atoms. The number of carbonyl (C=O) groups is 1. The van der Waals surface area contributed by atoms with Gasteiger partial charge in [0.15, 0.2) is 11.5 Å². The topological polar surface area (TPSA) is 56.8 Å². The highest BCUT2D eigenvalue weighted by atomic mass is 16.5. The molecular formula is C24H25NO4. The molecule has 1 amide bonds. The Bertz CT molecular complexity index is 941. The van der Waals surface area contributed by atoms with Crippen LogP contribution in [0.25, 0.3) is 0 Å². The number of nitrogens with one attached hydrogen (secondary N) is 1. The first-order valence-electron chi connectivity index (χ1n) is 9.55. The average molecular weight is 391 g/mol. The van der Waals surface area contributed by atoms with E-state index in [1.54, 1.807) is 25.3 Å². The summed E-state index contributed by atoms with van der Waals surface area (Å²) in [5.41, 5.74) is 2.51. The van der Waals surface area contributed by atoms with Gasteiger partial charge >= 0.3 is 0 Å². The fourth-order valence-corrected chi connectivity index (χ4v) is 2.89. The van der Waals surface area contributed by atoms with Crippen LogP contribution in [0.5, 0.6) is 17.2 Å². The van der Waals surface area contributed by atoms with Crippen molar-refractivity contribution in [2.24, 2.45) is 0 Å². The summed E-state index contributed by atoms with van der Waals surface area (Å²) in [6.07, 6.45) is 0. The molecule has 0 aliphatic heterocycles. The quantitative estimate of drug-likeness (QED) is 0.579. The second kappa shape index (κ2) is 10.2. The molecule has 1 N–H and O–H groups in total. The van der Waals surface area contributed by atoms with Gasteiger partial charge in [-0.1, -0.05) is 48.5 Å². The van der Waals surface area contributed by atoms with E-state index in [-0.39, 0.29) is 5.91 Å². The number of carbonyl (C=O) groups excluding carboxylic acids is 1. The molecule has 0 saturated carbocycles. The number of rotatable bonds is 9. The van der Waals surface area contributed by atoms with E-state index in [0.717, 1.165) is 16.9 Å². The Morgan fingerprint density at radius 2 is 1.62 bits per heavy atom. The van der Waals surface area contributed by atoms with Gasteiger partial charge in [0.2, 0.25) is 0 Å². The highest BCUT2D eigenvalue weighted by molar-refractivity contribution is 5.94. The highest BCUT2D eigenvalue weighted by Crippen LogP contribution is 2.28. The molecule has 0 aliphatic rings. The molecule has 0 radical (unpaired) electrons. The van der Waals surface area contributed by atoms with E-state index in [0.29, 0.717) is 36.8 Å². The van der Waals surface area contributed by atoms with Crippen molar-refractivity contribution in [3.8, 4) is 17.2 Å². The van der Waals surface area contributed by atoms with Gasteiger partial charge in [0.05, 0.1) is 13.7 Å². The molecule has 0 aromatic heterocycles. The first kappa shape index (κ1) is 20.3. The molecule has 0 spiro atoms. The molecule has 5 heteroatoms. The number of methoxy groups -OCH3 is 1. The van der Waals surface area contributed by atoms with Gasteiger partial charge in [-0.15, -0.1) is 0 Å². The smallest absolute Gasteiger partial charge is 0.251 e. The fourth-order valence-electron chi connectivity index (χ4n) is 2.89. The van der Waals surface area contributed by atoms with Gasteiger partial charge in [-0.2, -0.15) is 0 Å². The maximum Gasteiger partial charge on any atom is 0.251 e. The van der Waals surface area contributed by atoms with Crippen molar-refractivity contribution in [3.63, 3.8) is 0 Å². The fraction of sp³-hybridized carbons (Fsp3) is 0.208.